The molecule has 0 amide bonds. The predicted octanol–water partition coefficient (Wildman–Crippen LogP) is 2.13. The summed E-state index contributed by atoms with van der Waals surface area (Å²) in [4.78, 5) is 0. The molecule has 1 aliphatic heterocycles. The maximum atomic E-state index is 6.02. The van der Waals surface area contributed by atoms with E-state index in [1.54, 1.807) is 13.3 Å². The van der Waals surface area contributed by atoms with Gasteiger partial charge in [0.1, 0.15) is 5.69 Å². The van der Waals surface area contributed by atoms with Gasteiger partial charge in [0.15, 0.2) is 5.75 Å². The molecular weight excluding hydrogens is 242 g/mol. The Hall–Kier alpha value is -1.07. The molecule has 5 heteroatoms. The quantitative estimate of drug-likeness (QED) is 0.858. The Morgan fingerprint density at radius 3 is 2.89 bits per heavy atom. The summed E-state index contributed by atoms with van der Waals surface area (Å²) in [7, 11) is 1.70. The fourth-order valence-corrected chi connectivity index (χ4v) is 2.91. The molecule has 2 unspecified atom stereocenters. The Morgan fingerprint density at radius 2 is 2.37 bits per heavy atom. The zero-order chi connectivity index (χ0) is 13.9. The van der Waals surface area contributed by atoms with Gasteiger partial charge in [0.2, 0.25) is 0 Å². The summed E-state index contributed by atoms with van der Waals surface area (Å²) >= 11 is 0. The van der Waals surface area contributed by atoms with Crippen LogP contribution in [0.5, 0.6) is 5.75 Å². The Balaban J connectivity index is 2.40. The van der Waals surface area contributed by atoms with Gasteiger partial charge in [0.05, 0.1) is 24.9 Å². The number of nitrogens with zero attached hydrogens (tertiary/aromatic N) is 2. The van der Waals surface area contributed by atoms with Crippen molar-refractivity contribution in [1.29, 1.82) is 0 Å². The summed E-state index contributed by atoms with van der Waals surface area (Å²) in [6.45, 7) is 8.94. The minimum absolute atomic E-state index is 0.109. The van der Waals surface area contributed by atoms with Crippen LogP contribution in [0.2, 0.25) is 0 Å². The van der Waals surface area contributed by atoms with E-state index in [2.05, 4.69) is 31.2 Å². The fraction of sp³-hybridized carbons (Fsp3) is 0.786. The standard InChI is InChI=1S/C14H25N3O2/c1-5-15-13(14(3)8-7-9-19-14)12-11(18-4)10-16-17(12)6-2/h10,13,15H,5-9H2,1-4H3. The SMILES string of the molecule is CCNC(c1c(OC)cnn1CC)C1(C)CCCO1. The van der Waals surface area contributed by atoms with Crippen LogP contribution in [-0.2, 0) is 11.3 Å². The molecule has 19 heavy (non-hydrogen) atoms. The van der Waals surface area contributed by atoms with Gasteiger partial charge in [0, 0.05) is 13.2 Å². The monoisotopic (exact) mass is 267 g/mol. The predicted molar refractivity (Wildman–Crippen MR) is 74.5 cm³/mol. The van der Waals surface area contributed by atoms with Crippen LogP contribution in [0.3, 0.4) is 0 Å². The summed E-state index contributed by atoms with van der Waals surface area (Å²) in [5.41, 5.74) is 0.909. The van der Waals surface area contributed by atoms with Gasteiger partial charge in [0.25, 0.3) is 0 Å². The topological polar surface area (TPSA) is 48.3 Å². The number of hydrogen-bond donors (Lipinski definition) is 1. The van der Waals surface area contributed by atoms with Crippen molar-refractivity contribution in [1.82, 2.24) is 15.1 Å². The third kappa shape index (κ3) is 2.62. The molecule has 2 atom stereocenters. The Bertz CT molecular complexity index is 389. The van der Waals surface area contributed by atoms with Crippen molar-refractivity contribution in [3.63, 3.8) is 0 Å². The van der Waals surface area contributed by atoms with Crippen molar-refractivity contribution in [3.05, 3.63) is 11.9 Å². The second-order valence-corrected chi connectivity index (χ2v) is 5.17. The Labute approximate surface area is 115 Å². The number of methoxy groups -OCH3 is 1. The maximum absolute atomic E-state index is 6.02. The van der Waals surface area contributed by atoms with E-state index in [-0.39, 0.29) is 11.6 Å². The van der Waals surface area contributed by atoms with Gasteiger partial charge in [-0.1, -0.05) is 6.92 Å². The number of rotatable bonds is 6. The van der Waals surface area contributed by atoms with Gasteiger partial charge >= 0.3 is 0 Å². The molecule has 0 radical (unpaired) electrons. The first-order chi connectivity index (χ1) is 9.16. The normalized spacial score (nSPS) is 24.6. The highest BCUT2D eigenvalue weighted by molar-refractivity contribution is 5.31. The van der Waals surface area contributed by atoms with Crippen LogP contribution in [0.4, 0.5) is 0 Å². The molecule has 1 fully saturated rings. The molecule has 2 rings (SSSR count). The highest BCUT2D eigenvalue weighted by atomic mass is 16.5. The summed E-state index contributed by atoms with van der Waals surface area (Å²) in [6, 6.07) is 0.109. The van der Waals surface area contributed by atoms with E-state index in [1.807, 2.05) is 4.68 Å². The average molecular weight is 267 g/mol. The lowest BCUT2D eigenvalue weighted by molar-refractivity contribution is -0.0149. The highest BCUT2D eigenvalue weighted by Crippen LogP contribution is 2.40. The number of likely N-dealkylation sites (N-methyl/N-ethyl adjacent to an activating group) is 1. The Morgan fingerprint density at radius 1 is 1.58 bits per heavy atom. The summed E-state index contributed by atoms with van der Waals surface area (Å²) in [6.07, 6.45) is 3.96. The molecule has 1 N–H and O–H groups in total. The van der Waals surface area contributed by atoms with E-state index >= 15 is 0 Å². The molecule has 1 aromatic heterocycles. The minimum Gasteiger partial charge on any atom is -0.493 e. The van der Waals surface area contributed by atoms with Crippen LogP contribution in [-0.4, -0.2) is 35.6 Å². The summed E-state index contributed by atoms with van der Waals surface area (Å²) in [5, 5.41) is 7.96. The van der Waals surface area contributed by atoms with Crippen molar-refractivity contribution < 1.29 is 9.47 Å². The fourth-order valence-electron chi connectivity index (χ4n) is 2.91. The van der Waals surface area contributed by atoms with E-state index in [4.69, 9.17) is 9.47 Å². The van der Waals surface area contributed by atoms with Crippen molar-refractivity contribution in [2.45, 2.75) is 51.8 Å². The van der Waals surface area contributed by atoms with Gasteiger partial charge in [-0.05, 0) is 33.2 Å². The molecule has 2 heterocycles. The maximum Gasteiger partial charge on any atom is 0.161 e. The smallest absolute Gasteiger partial charge is 0.161 e. The highest BCUT2D eigenvalue weighted by Gasteiger charge is 2.42. The zero-order valence-electron chi connectivity index (χ0n) is 12.4. The number of ether oxygens (including phenoxy) is 2. The molecule has 1 saturated heterocycles. The molecule has 108 valence electrons. The molecule has 1 aliphatic rings. The molecule has 0 bridgehead atoms. The molecule has 0 saturated carbocycles. The third-order valence-electron chi connectivity index (χ3n) is 3.91. The molecule has 0 spiro atoms. The molecular formula is C14H25N3O2. The van der Waals surface area contributed by atoms with Crippen LogP contribution >= 0.6 is 0 Å². The van der Waals surface area contributed by atoms with Crippen molar-refractivity contribution in [2.24, 2.45) is 0 Å². The van der Waals surface area contributed by atoms with Gasteiger partial charge in [-0.2, -0.15) is 5.10 Å². The summed E-state index contributed by atoms with van der Waals surface area (Å²) in [5.74, 6) is 0.838. The van der Waals surface area contributed by atoms with Crippen LogP contribution in [0.15, 0.2) is 6.20 Å². The number of nitrogens with one attached hydrogen (secondary N) is 1. The summed E-state index contributed by atoms with van der Waals surface area (Å²) < 4.78 is 13.5. The van der Waals surface area contributed by atoms with E-state index < -0.39 is 0 Å². The van der Waals surface area contributed by atoms with Gasteiger partial charge < -0.3 is 14.8 Å². The van der Waals surface area contributed by atoms with Crippen LogP contribution < -0.4 is 10.1 Å². The van der Waals surface area contributed by atoms with E-state index in [1.165, 1.54) is 0 Å². The largest absolute Gasteiger partial charge is 0.493 e. The van der Waals surface area contributed by atoms with E-state index in [9.17, 15) is 0 Å². The number of aryl methyl sites for hydroxylation is 1. The van der Waals surface area contributed by atoms with Gasteiger partial charge in [-0.15, -0.1) is 0 Å². The van der Waals surface area contributed by atoms with Gasteiger partial charge in [-0.25, -0.2) is 0 Å². The van der Waals surface area contributed by atoms with Crippen LogP contribution in [0.25, 0.3) is 0 Å². The minimum atomic E-state index is -0.184. The van der Waals surface area contributed by atoms with Crippen LogP contribution in [0.1, 0.15) is 45.3 Å². The molecule has 0 aliphatic carbocycles. The van der Waals surface area contributed by atoms with E-state index in [0.29, 0.717) is 0 Å². The van der Waals surface area contributed by atoms with Crippen LogP contribution in [0, 0.1) is 0 Å². The lowest BCUT2D eigenvalue weighted by atomic mass is 9.90. The average Bonchev–Trinajstić information content (AvgIpc) is 3.02. The molecule has 5 nitrogen and oxygen atoms in total. The second kappa shape index (κ2) is 5.92. The van der Waals surface area contributed by atoms with Crippen molar-refractivity contribution >= 4 is 0 Å². The van der Waals surface area contributed by atoms with Crippen molar-refractivity contribution in [2.75, 3.05) is 20.3 Å². The third-order valence-corrected chi connectivity index (χ3v) is 3.91. The molecule has 1 aromatic rings. The zero-order valence-corrected chi connectivity index (χ0v) is 12.4. The first kappa shape index (κ1) is 14.3. The van der Waals surface area contributed by atoms with E-state index in [0.717, 1.165) is 44.0 Å². The first-order valence-corrected chi connectivity index (χ1v) is 7.13. The lowest BCUT2D eigenvalue weighted by Crippen LogP contribution is -2.42. The number of aromatic nitrogens is 2. The first-order valence-electron chi connectivity index (χ1n) is 7.13. The Kier molecular flexibility index (Phi) is 4.47. The lowest BCUT2D eigenvalue weighted by Gasteiger charge is -2.34. The molecule has 0 aromatic carbocycles. The van der Waals surface area contributed by atoms with Crippen molar-refractivity contribution in [3.8, 4) is 5.75 Å². The second-order valence-electron chi connectivity index (χ2n) is 5.17. The number of hydrogen-bond acceptors (Lipinski definition) is 4. The van der Waals surface area contributed by atoms with Gasteiger partial charge in [-0.3, -0.25) is 4.68 Å².